The third kappa shape index (κ3) is 6.80. The van der Waals surface area contributed by atoms with Crippen LogP contribution >= 0.6 is 0 Å². The van der Waals surface area contributed by atoms with E-state index in [9.17, 15) is 13.6 Å². The normalized spacial score (nSPS) is 23.1. The van der Waals surface area contributed by atoms with Crippen molar-refractivity contribution in [3.63, 3.8) is 0 Å². The fourth-order valence-corrected chi connectivity index (χ4v) is 5.09. The number of nitrogens with zero attached hydrogens (tertiary/aromatic N) is 4. The maximum Gasteiger partial charge on any atom is 0.207 e. The van der Waals surface area contributed by atoms with Gasteiger partial charge in [0.05, 0.1) is 30.2 Å². The second-order valence-electron chi connectivity index (χ2n) is 10.7. The molecular formula is C29H36F2N6O2. The average Bonchev–Trinajstić information content (AvgIpc) is 3.37. The number of ether oxygens (including phenoxy) is 1. The summed E-state index contributed by atoms with van der Waals surface area (Å²) in [6, 6.07) is 5.93. The number of alkyl halides is 1. The summed E-state index contributed by atoms with van der Waals surface area (Å²) in [5, 5.41) is 10.5. The second kappa shape index (κ2) is 12.2. The summed E-state index contributed by atoms with van der Waals surface area (Å²) in [7, 11) is 0. The van der Waals surface area contributed by atoms with E-state index in [1.54, 1.807) is 36.3 Å². The molecule has 2 N–H and O–H groups in total. The van der Waals surface area contributed by atoms with Crippen molar-refractivity contribution in [3.05, 3.63) is 59.9 Å². The first-order chi connectivity index (χ1) is 18.9. The molecule has 3 unspecified atom stereocenters. The molecule has 3 fully saturated rings. The quantitative estimate of drug-likeness (QED) is 0.439. The Balaban J connectivity index is 0.000000455. The Morgan fingerprint density at radius 2 is 1.90 bits per heavy atom. The van der Waals surface area contributed by atoms with Crippen molar-refractivity contribution in [2.45, 2.75) is 63.8 Å². The lowest BCUT2D eigenvalue weighted by Crippen LogP contribution is -2.51. The number of aryl methyl sites for hydroxylation is 2. The number of hydrogen-bond donors (Lipinski definition) is 2. The smallest absolute Gasteiger partial charge is 0.207 e. The van der Waals surface area contributed by atoms with Gasteiger partial charge in [0.2, 0.25) is 6.41 Å². The molecule has 1 saturated carbocycles. The molecular weight excluding hydrogens is 502 g/mol. The molecule has 2 aliphatic heterocycles. The number of halogens is 2. The third-order valence-electron chi connectivity index (χ3n) is 7.61. The van der Waals surface area contributed by atoms with Crippen molar-refractivity contribution in [1.82, 2.24) is 25.0 Å². The molecule has 4 heterocycles. The fraction of sp³-hybridized carbons (Fsp3) is 0.483. The first-order valence-corrected chi connectivity index (χ1v) is 13.6. The molecule has 6 rings (SSSR count). The van der Waals surface area contributed by atoms with Gasteiger partial charge in [-0.1, -0.05) is 0 Å². The minimum atomic E-state index is -0.949. The number of nitrogens with one attached hydrogen (secondary N) is 2. The largest absolute Gasteiger partial charge is 0.380 e. The molecule has 3 aliphatic rings. The molecule has 39 heavy (non-hydrogen) atoms. The van der Waals surface area contributed by atoms with Crippen LogP contribution in [0.25, 0.3) is 16.8 Å². The van der Waals surface area contributed by atoms with Gasteiger partial charge in [-0.15, -0.1) is 0 Å². The molecule has 3 atom stereocenters. The van der Waals surface area contributed by atoms with Crippen LogP contribution in [-0.4, -0.2) is 76.7 Å². The number of carbonyl (C=O) groups is 1. The van der Waals surface area contributed by atoms with Crippen LogP contribution in [0.4, 0.5) is 14.5 Å². The maximum absolute atomic E-state index is 14.9. The van der Waals surface area contributed by atoms with Crippen LogP contribution in [0, 0.1) is 19.7 Å². The Bertz CT molecular complexity index is 1270. The molecule has 1 aliphatic carbocycles. The second-order valence-corrected chi connectivity index (χ2v) is 10.7. The molecule has 0 radical (unpaired) electrons. The summed E-state index contributed by atoms with van der Waals surface area (Å²) < 4.78 is 36.0. The van der Waals surface area contributed by atoms with Gasteiger partial charge in [0.1, 0.15) is 12.0 Å². The first kappa shape index (κ1) is 27.2. The van der Waals surface area contributed by atoms with Gasteiger partial charge in [-0.25, -0.2) is 13.5 Å². The van der Waals surface area contributed by atoms with E-state index in [1.807, 2.05) is 19.2 Å². The molecule has 0 bridgehead atoms. The van der Waals surface area contributed by atoms with Crippen LogP contribution in [0.15, 0.2) is 43.0 Å². The summed E-state index contributed by atoms with van der Waals surface area (Å²) in [4.78, 5) is 16.1. The Kier molecular flexibility index (Phi) is 8.52. The van der Waals surface area contributed by atoms with Crippen LogP contribution in [0.1, 0.15) is 36.8 Å². The Hall–Kier alpha value is -3.37. The zero-order chi connectivity index (χ0) is 27.4. The molecule has 2 saturated heterocycles. The van der Waals surface area contributed by atoms with Crippen LogP contribution < -0.4 is 10.6 Å². The van der Waals surface area contributed by atoms with E-state index in [1.165, 1.54) is 18.9 Å². The van der Waals surface area contributed by atoms with Gasteiger partial charge in [0, 0.05) is 61.5 Å². The summed E-state index contributed by atoms with van der Waals surface area (Å²) >= 11 is 0. The Labute approximate surface area is 227 Å². The zero-order valence-corrected chi connectivity index (χ0v) is 22.4. The van der Waals surface area contributed by atoms with Crippen molar-refractivity contribution in [3.8, 4) is 16.8 Å². The lowest BCUT2D eigenvalue weighted by molar-refractivity contribution is -0.109. The lowest BCUT2D eigenvalue weighted by atomic mass is 10.0. The van der Waals surface area contributed by atoms with E-state index in [2.05, 4.69) is 25.6 Å². The van der Waals surface area contributed by atoms with Crippen LogP contribution in [0.5, 0.6) is 0 Å². The molecule has 3 aromatic rings. The zero-order valence-electron chi connectivity index (χ0n) is 22.4. The van der Waals surface area contributed by atoms with E-state index >= 15 is 0 Å². The molecule has 1 aromatic carbocycles. The first-order valence-electron chi connectivity index (χ1n) is 13.6. The number of rotatable bonds is 7. The average molecular weight is 539 g/mol. The summed E-state index contributed by atoms with van der Waals surface area (Å²) in [5.74, 6) is -0.222. The number of amides is 1. The van der Waals surface area contributed by atoms with Crippen molar-refractivity contribution in [2.24, 2.45) is 0 Å². The molecule has 0 spiro atoms. The highest BCUT2D eigenvalue weighted by Crippen LogP contribution is 2.27. The summed E-state index contributed by atoms with van der Waals surface area (Å²) in [5.41, 5.74) is 4.79. The van der Waals surface area contributed by atoms with E-state index in [4.69, 9.17) is 4.74 Å². The Morgan fingerprint density at radius 1 is 1.05 bits per heavy atom. The van der Waals surface area contributed by atoms with Crippen LogP contribution in [0.3, 0.4) is 0 Å². The van der Waals surface area contributed by atoms with Gasteiger partial charge in [0.15, 0.2) is 0 Å². The predicted octanol–water partition coefficient (Wildman–Crippen LogP) is 4.20. The number of carbonyl (C=O) groups excluding carboxylic acids is 1. The van der Waals surface area contributed by atoms with Crippen molar-refractivity contribution in [2.75, 3.05) is 31.6 Å². The van der Waals surface area contributed by atoms with E-state index in [0.717, 1.165) is 60.5 Å². The number of likely N-dealkylation sites (tertiary alicyclic amines) is 1. The Morgan fingerprint density at radius 3 is 2.59 bits per heavy atom. The van der Waals surface area contributed by atoms with Crippen LogP contribution in [0.2, 0.25) is 0 Å². The van der Waals surface area contributed by atoms with Crippen LogP contribution in [-0.2, 0) is 9.53 Å². The molecule has 208 valence electrons. The maximum atomic E-state index is 14.9. The topological polar surface area (TPSA) is 84.3 Å². The fourth-order valence-electron chi connectivity index (χ4n) is 5.09. The van der Waals surface area contributed by atoms with Gasteiger partial charge in [-0.3, -0.25) is 14.7 Å². The monoisotopic (exact) mass is 538 g/mol. The highest BCUT2D eigenvalue weighted by atomic mass is 19.1. The lowest BCUT2D eigenvalue weighted by Gasteiger charge is -2.38. The van der Waals surface area contributed by atoms with Gasteiger partial charge in [0.25, 0.3) is 0 Å². The molecule has 8 nitrogen and oxygen atoms in total. The number of benzene rings is 1. The van der Waals surface area contributed by atoms with Gasteiger partial charge in [-0.05, 0) is 68.9 Å². The highest BCUT2D eigenvalue weighted by molar-refractivity contribution is 5.66. The van der Waals surface area contributed by atoms with Crippen molar-refractivity contribution >= 4 is 12.1 Å². The summed E-state index contributed by atoms with van der Waals surface area (Å²) in [6.07, 6.45) is 11.1. The molecule has 2 aromatic heterocycles. The number of hydrogen-bond acceptors (Lipinski definition) is 6. The number of pyridine rings is 1. The van der Waals surface area contributed by atoms with Gasteiger partial charge >= 0.3 is 0 Å². The standard InChI is InChI=1S/C25H29F2N5O.C4H7NO/c1-16-8-25(17(2)7-22(16)26)32-13-19(11-29-32)18-9-20(12-28-10-18)30-24-3-5-31(14-23(24)27)21-4-6-33-15-21;6-3-5-4-1-2-4/h7-13,21,23-24,30H,3-6,14-15H2,1-2H3;3-4H,1-2H2,(H,5,6). The third-order valence-corrected chi connectivity index (χ3v) is 7.61. The minimum Gasteiger partial charge on any atom is -0.380 e. The highest BCUT2D eigenvalue weighted by Gasteiger charge is 2.34. The SMILES string of the molecule is Cc1cc(-n2cc(-c3cncc(NC4CCN(C5CCOC5)CC4F)c3)cn2)c(C)cc1F.O=CNC1CC1. The van der Waals surface area contributed by atoms with E-state index in [-0.39, 0.29) is 11.9 Å². The summed E-state index contributed by atoms with van der Waals surface area (Å²) in [6.45, 7) is 6.39. The van der Waals surface area contributed by atoms with E-state index < -0.39 is 6.17 Å². The minimum absolute atomic E-state index is 0.222. The van der Waals surface area contributed by atoms with Gasteiger partial charge < -0.3 is 15.4 Å². The van der Waals surface area contributed by atoms with E-state index in [0.29, 0.717) is 30.8 Å². The predicted molar refractivity (Wildman–Crippen MR) is 146 cm³/mol. The van der Waals surface area contributed by atoms with Crippen molar-refractivity contribution in [1.29, 1.82) is 0 Å². The molecule has 1 amide bonds. The molecule has 10 heteroatoms. The van der Waals surface area contributed by atoms with Gasteiger partial charge in [-0.2, -0.15) is 5.10 Å². The number of aromatic nitrogens is 3. The number of piperidine rings is 1. The number of anilines is 1. The van der Waals surface area contributed by atoms with Crippen molar-refractivity contribution < 1.29 is 18.3 Å².